The Morgan fingerprint density at radius 1 is 1.11 bits per heavy atom. The normalized spacial score (nSPS) is 17.4. The number of aromatic nitrogens is 1. The molecule has 10 heteroatoms. The molecule has 2 amide bonds. The number of nitrogens with zero attached hydrogens (tertiary/aromatic N) is 1. The average molecular weight is 496 g/mol. The second kappa shape index (κ2) is 10.3. The molecule has 1 saturated heterocycles. The van der Waals surface area contributed by atoms with Crippen LogP contribution in [0.2, 0.25) is 0 Å². The van der Waals surface area contributed by atoms with Gasteiger partial charge in [-0.15, -0.1) is 0 Å². The zero-order valence-corrected chi connectivity index (χ0v) is 19.7. The second-order valence-electron chi connectivity index (χ2n) is 8.75. The van der Waals surface area contributed by atoms with E-state index in [0.29, 0.717) is 24.4 Å². The maximum Gasteiger partial charge on any atom is 0.272 e. The van der Waals surface area contributed by atoms with Crippen LogP contribution in [0.5, 0.6) is 0 Å². The Labute approximate surface area is 207 Å². The van der Waals surface area contributed by atoms with Crippen LogP contribution in [0.4, 0.5) is 26.0 Å². The van der Waals surface area contributed by atoms with Gasteiger partial charge in [0.15, 0.2) is 0 Å². The minimum atomic E-state index is -2.98. The van der Waals surface area contributed by atoms with Crippen molar-refractivity contribution in [2.24, 2.45) is 0 Å². The van der Waals surface area contributed by atoms with Crippen LogP contribution < -0.4 is 21.7 Å². The number of halogens is 2. The van der Waals surface area contributed by atoms with Crippen molar-refractivity contribution in [2.75, 3.05) is 24.3 Å². The lowest BCUT2D eigenvalue weighted by Crippen LogP contribution is -2.59. The Kier molecular flexibility index (Phi) is 7.16. The number of nitrogen functional groups attached to an aromatic ring is 1. The van der Waals surface area contributed by atoms with Crippen LogP contribution in [0.25, 0.3) is 0 Å². The molecule has 4 rings (SSSR count). The monoisotopic (exact) mass is 495 g/mol. The number of para-hydroxylation sites is 1. The van der Waals surface area contributed by atoms with Gasteiger partial charge in [0, 0.05) is 49.6 Å². The number of rotatable bonds is 8. The third kappa shape index (κ3) is 5.77. The molecule has 2 heterocycles. The fourth-order valence-electron chi connectivity index (χ4n) is 3.92. The van der Waals surface area contributed by atoms with Crippen LogP contribution in [0, 0.1) is 0 Å². The van der Waals surface area contributed by atoms with Crippen LogP contribution in [0.1, 0.15) is 34.8 Å². The number of hydrogen-bond acceptors (Lipinski definition) is 6. The van der Waals surface area contributed by atoms with E-state index >= 15 is 0 Å². The number of anilines is 3. The lowest BCUT2D eigenvalue weighted by Gasteiger charge is -2.27. The summed E-state index contributed by atoms with van der Waals surface area (Å²) in [4.78, 5) is 29.7. The highest BCUT2D eigenvalue weighted by molar-refractivity contribution is 5.99. The van der Waals surface area contributed by atoms with Crippen LogP contribution in [-0.4, -0.2) is 35.6 Å². The number of carbonyl (C=O) groups excluding carboxylic acids is 2. The number of alkyl halides is 2. The van der Waals surface area contributed by atoms with Gasteiger partial charge in [-0.2, -0.15) is 0 Å². The molecule has 0 bridgehead atoms. The average Bonchev–Trinajstić information content (AvgIpc) is 3.33. The SMILES string of the molecule is CC(F)(F)c1ccccc1Nc1ccc(CNC(=O)[C@]2(NC(=O)c3ccc(N)nc3)CCOC2)cc1. The molecule has 8 nitrogen and oxygen atoms in total. The first-order chi connectivity index (χ1) is 17.2. The smallest absolute Gasteiger partial charge is 0.272 e. The maximum absolute atomic E-state index is 13.9. The summed E-state index contributed by atoms with van der Waals surface area (Å²) < 4.78 is 33.2. The summed E-state index contributed by atoms with van der Waals surface area (Å²) in [6.07, 6.45) is 1.68. The van der Waals surface area contributed by atoms with Crippen LogP contribution in [-0.2, 0) is 22.0 Å². The third-order valence-corrected chi connectivity index (χ3v) is 5.94. The third-order valence-electron chi connectivity index (χ3n) is 5.94. The zero-order valence-electron chi connectivity index (χ0n) is 19.7. The molecule has 2 aromatic carbocycles. The first-order valence-corrected chi connectivity index (χ1v) is 11.4. The Morgan fingerprint density at radius 2 is 1.86 bits per heavy atom. The van der Waals surface area contributed by atoms with Crippen molar-refractivity contribution in [1.82, 2.24) is 15.6 Å². The molecule has 0 unspecified atom stereocenters. The van der Waals surface area contributed by atoms with Gasteiger partial charge in [0.1, 0.15) is 11.4 Å². The summed E-state index contributed by atoms with van der Waals surface area (Å²) in [7, 11) is 0. The van der Waals surface area contributed by atoms with E-state index in [4.69, 9.17) is 10.5 Å². The van der Waals surface area contributed by atoms with E-state index in [9.17, 15) is 18.4 Å². The molecule has 0 radical (unpaired) electrons. The van der Waals surface area contributed by atoms with Crippen LogP contribution in [0.3, 0.4) is 0 Å². The van der Waals surface area contributed by atoms with Gasteiger partial charge in [0.05, 0.1) is 12.2 Å². The van der Waals surface area contributed by atoms with Gasteiger partial charge in [-0.25, -0.2) is 13.8 Å². The van der Waals surface area contributed by atoms with Gasteiger partial charge in [-0.1, -0.05) is 30.3 Å². The highest BCUT2D eigenvalue weighted by atomic mass is 19.3. The quantitative estimate of drug-likeness (QED) is 0.378. The number of ether oxygens (including phenoxy) is 1. The molecule has 0 spiro atoms. The molecule has 1 aromatic heterocycles. The van der Waals surface area contributed by atoms with Crippen LogP contribution in [0.15, 0.2) is 66.9 Å². The highest BCUT2D eigenvalue weighted by Gasteiger charge is 2.43. The Balaban J connectivity index is 1.38. The van der Waals surface area contributed by atoms with Gasteiger partial charge >= 0.3 is 0 Å². The van der Waals surface area contributed by atoms with E-state index in [1.165, 1.54) is 24.4 Å². The number of carbonyl (C=O) groups is 2. The highest BCUT2D eigenvalue weighted by Crippen LogP contribution is 2.34. The van der Waals surface area contributed by atoms with Crippen molar-refractivity contribution in [3.05, 3.63) is 83.6 Å². The predicted octanol–water partition coefficient (Wildman–Crippen LogP) is 3.72. The molecular weight excluding hydrogens is 468 g/mol. The number of pyridine rings is 1. The Morgan fingerprint density at radius 3 is 2.50 bits per heavy atom. The van der Waals surface area contributed by atoms with E-state index in [-0.39, 0.29) is 36.0 Å². The van der Waals surface area contributed by atoms with E-state index < -0.39 is 17.4 Å². The molecule has 5 N–H and O–H groups in total. The van der Waals surface area contributed by atoms with Crippen molar-refractivity contribution in [2.45, 2.75) is 31.4 Å². The summed E-state index contributed by atoms with van der Waals surface area (Å²) in [5, 5.41) is 8.67. The fourth-order valence-corrected chi connectivity index (χ4v) is 3.92. The lowest BCUT2D eigenvalue weighted by atomic mass is 9.96. The Hall–Kier alpha value is -4.05. The van der Waals surface area contributed by atoms with E-state index in [0.717, 1.165) is 12.5 Å². The topological polar surface area (TPSA) is 118 Å². The molecule has 0 aliphatic carbocycles. The summed E-state index contributed by atoms with van der Waals surface area (Å²) in [6, 6.07) is 16.3. The lowest BCUT2D eigenvalue weighted by molar-refractivity contribution is -0.127. The molecular formula is C26H27F2N5O3. The van der Waals surface area contributed by atoms with Gasteiger partial charge in [-0.3, -0.25) is 9.59 Å². The van der Waals surface area contributed by atoms with Crippen molar-refractivity contribution < 1.29 is 23.1 Å². The molecule has 1 aliphatic rings. The molecule has 1 fully saturated rings. The van der Waals surface area contributed by atoms with Crippen molar-refractivity contribution >= 4 is 29.0 Å². The largest absolute Gasteiger partial charge is 0.384 e. The zero-order chi connectivity index (χ0) is 25.8. The first-order valence-electron chi connectivity index (χ1n) is 11.4. The number of hydrogen-bond donors (Lipinski definition) is 4. The minimum absolute atomic E-state index is 0.0529. The summed E-state index contributed by atoms with van der Waals surface area (Å²) >= 11 is 0. The standard InChI is InChI=1S/C26H27F2N5O3/c1-25(27,28)20-4-2-3-5-21(20)32-19-9-6-17(7-10-19)14-31-24(35)26(12-13-36-16-26)33-23(34)18-8-11-22(29)30-15-18/h2-11,15,32H,12-14,16H2,1H3,(H2,29,30)(H,31,35)(H,33,34)/t26-/m0/s1. The van der Waals surface area contributed by atoms with Gasteiger partial charge < -0.3 is 26.4 Å². The van der Waals surface area contributed by atoms with Gasteiger partial charge in [-0.05, 0) is 35.9 Å². The summed E-state index contributed by atoms with van der Waals surface area (Å²) in [6.45, 7) is 1.46. The number of benzene rings is 2. The number of nitrogens with one attached hydrogen (secondary N) is 3. The molecule has 0 saturated carbocycles. The molecule has 3 aromatic rings. The predicted molar refractivity (Wildman–Crippen MR) is 132 cm³/mol. The van der Waals surface area contributed by atoms with Crippen LogP contribution >= 0.6 is 0 Å². The van der Waals surface area contributed by atoms with E-state index in [2.05, 4.69) is 20.9 Å². The number of nitrogens with two attached hydrogens (primary N) is 1. The first kappa shape index (κ1) is 25.1. The maximum atomic E-state index is 13.9. The molecule has 188 valence electrons. The Bertz CT molecular complexity index is 1220. The van der Waals surface area contributed by atoms with Crippen molar-refractivity contribution in [3.63, 3.8) is 0 Å². The van der Waals surface area contributed by atoms with Crippen molar-refractivity contribution in [3.8, 4) is 0 Å². The molecule has 36 heavy (non-hydrogen) atoms. The minimum Gasteiger partial charge on any atom is -0.384 e. The summed E-state index contributed by atoms with van der Waals surface area (Å²) in [5.74, 6) is -3.50. The molecule has 1 aliphatic heterocycles. The van der Waals surface area contributed by atoms with E-state index in [1.807, 2.05) is 0 Å². The molecule has 1 atom stereocenters. The number of amides is 2. The van der Waals surface area contributed by atoms with Gasteiger partial charge in [0.25, 0.3) is 11.8 Å². The summed E-state index contributed by atoms with van der Waals surface area (Å²) in [5.41, 5.74) is 6.31. The second-order valence-corrected chi connectivity index (χ2v) is 8.75. The fraction of sp³-hybridized carbons (Fsp3) is 0.269. The van der Waals surface area contributed by atoms with E-state index in [1.54, 1.807) is 42.5 Å². The van der Waals surface area contributed by atoms with Crippen molar-refractivity contribution in [1.29, 1.82) is 0 Å². The van der Waals surface area contributed by atoms with Gasteiger partial charge in [0.2, 0.25) is 5.91 Å².